The van der Waals surface area contributed by atoms with Gasteiger partial charge in [0, 0.05) is 11.3 Å². The zero-order valence-corrected chi connectivity index (χ0v) is 14.7. The summed E-state index contributed by atoms with van der Waals surface area (Å²) in [5.41, 5.74) is 4.04. The number of aryl methyl sites for hydroxylation is 1. The molecular weight excluding hydrogens is 288 g/mol. The van der Waals surface area contributed by atoms with Crippen molar-refractivity contribution in [2.24, 2.45) is 0 Å². The van der Waals surface area contributed by atoms with Crippen LogP contribution in [0.3, 0.4) is 0 Å². The van der Waals surface area contributed by atoms with Crippen molar-refractivity contribution in [1.29, 1.82) is 0 Å². The van der Waals surface area contributed by atoms with E-state index in [9.17, 15) is 0 Å². The molecule has 1 aliphatic heterocycles. The monoisotopic (exact) mass is 314 g/mol. The second-order valence-corrected chi connectivity index (χ2v) is 7.77. The molecule has 1 aliphatic rings. The summed E-state index contributed by atoms with van der Waals surface area (Å²) in [7, 11) is 0. The Balaban J connectivity index is 1.72. The molecule has 1 N–H and O–H groups in total. The lowest BCUT2D eigenvalue weighted by Gasteiger charge is -2.21. The number of thiazole rings is 1. The van der Waals surface area contributed by atoms with Crippen LogP contribution in [0.15, 0.2) is 24.3 Å². The van der Waals surface area contributed by atoms with Gasteiger partial charge in [-0.2, -0.15) is 0 Å². The smallest absolute Gasteiger partial charge is 0.0974 e. The summed E-state index contributed by atoms with van der Waals surface area (Å²) >= 11 is 1.93. The van der Waals surface area contributed by atoms with Gasteiger partial charge in [0.1, 0.15) is 0 Å². The van der Waals surface area contributed by atoms with E-state index in [4.69, 9.17) is 4.98 Å². The van der Waals surface area contributed by atoms with E-state index in [0.29, 0.717) is 5.92 Å². The number of nitrogens with zero attached hydrogens (tertiary/aromatic N) is 1. The zero-order valence-electron chi connectivity index (χ0n) is 13.9. The van der Waals surface area contributed by atoms with Crippen LogP contribution in [0.2, 0.25) is 0 Å². The number of nitrogens with one attached hydrogen (secondary N) is 1. The molecule has 1 saturated heterocycles. The molecule has 2 aromatic rings. The normalized spacial score (nSPS) is 16.4. The van der Waals surface area contributed by atoms with Crippen LogP contribution < -0.4 is 5.32 Å². The van der Waals surface area contributed by atoms with Crippen LogP contribution in [0.5, 0.6) is 0 Å². The van der Waals surface area contributed by atoms with Crippen LogP contribution in [-0.4, -0.2) is 18.1 Å². The molecule has 22 heavy (non-hydrogen) atoms. The number of hydrogen-bond acceptors (Lipinski definition) is 3. The fourth-order valence-electron chi connectivity index (χ4n) is 3.20. The van der Waals surface area contributed by atoms with Crippen LogP contribution in [0.25, 0.3) is 0 Å². The van der Waals surface area contributed by atoms with Gasteiger partial charge in [-0.15, -0.1) is 11.3 Å². The van der Waals surface area contributed by atoms with E-state index in [1.165, 1.54) is 39.5 Å². The maximum Gasteiger partial charge on any atom is 0.0974 e. The molecule has 0 bridgehead atoms. The summed E-state index contributed by atoms with van der Waals surface area (Å²) in [5.74, 6) is 1.32. The van der Waals surface area contributed by atoms with Gasteiger partial charge in [0.2, 0.25) is 0 Å². The first-order chi connectivity index (χ1) is 10.6. The van der Waals surface area contributed by atoms with Crippen LogP contribution in [0.1, 0.15) is 65.2 Å². The number of benzene rings is 1. The predicted molar refractivity (Wildman–Crippen MR) is 95.0 cm³/mol. The molecular formula is C19H26N2S. The minimum Gasteiger partial charge on any atom is -0.317 e. The lowest BCUT2D eigenvalue weighted by Crippen LogP contribution is -2.26. The maximum absolute atomic E-state index is 4.84. The van der Waals surface area contributed by atoms with Crippen molar-refractivity contribution in [1.82, 2.24) is 10.3 Å². The van der Waals surface area contributed by atoms with Gasteiger partial charge in [0.25, 0.3) is 0 Å². The van der Waals surface area contributed by atoms with Crippen LogP contribution in [0, 0.1) is 6.92 Å². The molecule has 0 radical (unpaired) electrons. The quantitative estimate of drug-likeness (QED) is 0.890. The van der Waals surface area contributed by atoms with Gasteiger partial charge in [-0.05, 0) is 55.8 Å². The Kier molecular flexibility index (Phi) is 4.94. The van der Waals surface area contributed by atoms with Crippen molar-refractivity contribution < 1.29 is 0 Å². The van der Waals surface area contributed by atoms with Gasteiger partial charge in [-0.1, -0.05) is 38.1 Å². The van der Waals surface area contributed by atoms with Gasteiger partial charge >= 0.3 is 0 Å². The third-order valence-corrected chi connectivity index (χ3v) is 5.91. The Morgan fingerprint density at radius 3 is 2.50 bits per heavy atom. The van der Waals surface area contributed by atoms with E-state index >= 15 is 0 Å². The van der Waals surface area contributed by atoms with Crippen molar-refractivity contribution in [3.8, 4) is 0 Å². The summed E-state index contributed by atoms with van der Waals surface area (Å²) in [6, 6.07) is 9.04. The maximum atomic E-state index is 4.84. The van der Waals surface area contributed by atoms with E-state index in [1.807, 2.05) is 11.3 Å². The Hall–Kier alpha value is -1.19. The van der Waals surface area contributed by atoms with Crippen molar-refractivity contribution in [3.63, 3.8) is 0 Å². The molecule has 0 atom stereocenters. The highest BCUT2D eigenvalue weighted by Gasteiger charge is 2.20. The molecule has 2 heterocycles. The van der Waals surface area contributed by atoms with Crippen LogP contribution in [0.4, 0.5) is 0 Å². The molecule has 1 aromatic heterocycles. The molecule has 1 fully saturated rings. The number of hydrogen-bond donors (Lipinski definition) is 1. The summed E-state index contributed by atoms with van der Waals surface area (Å²) in [6.07, 6.45) is 3.48. The molecule has 2 nitrogen and oxygen atoms in total. The first-order valence-corrected chi connectivity index (χ1v) is 9.21. The Morgan fingerprint density at radius 2 is 1.86 bits per heavy atom. The Labute approximate surface area is 138 Å². The average Bonchev–Trinajstić information content (AvgIpc) is 2.89. The Bertz CT molecular complexity index is 607. The van der Waals surface area contributed by atoms with E-state index in [1.54, 1.807) is 0 Å². The average molecular weight is 314 g/mol. The summed E-state index contributed by atoms with van der Waals surface area (Å²) in [5, 5.41) is 4.72. The molecule has 0 aliphatic carbocycles. The second kappa shape index (κ2) is 6.93. The van der Waals surface area contributed by atoms with E-state index in [0.717, 1.165) is 25.4 Å². The summed E-state index contributed by atoms with van der Waals surface area (Å²) in [4.78, 5) is 6.36. The molecule has 3 rings (SSSR count). The Morgan fingerprint density at radius 1 is 1.18 bits per heavy atom. The van der Waals surface area contributed by atoms with Gasteiger partial charge < -0.3 is 5.32 Å². The largest absolute Gasteiger partial charge is 0.317 e. The predicted octanol–water partition coefficient (Wildman–Crippen LogP) is 4.63. The van der Waals surface area contributed by atoms with Gasteiger partial charge in [0.15, 0.2) is 0 Å². The summed E-state index contributed by atoms with van der Waals surface area (Å²) < 4.78 is 0. The number of rotatable bonds is 4. The molecule has 0 unspecified atom stereocenters. The molecule has 0 amide bonds. The topological polar surface area (TPSA) is 24.9 Å². The van der Waals surface area contributed by atoms with Crippen LogP contribution >= 0.6 is 11.3 Å². The zero-order chi connectivity index (χ0) is 15.5. The molecule has 1 aromatic carbocycles. The highest BCUT2D eigenvalue weighted by atomic mass is 32.1. The first kappa shape index (κ1) is 15.7. The standard InChI is InChI=1S/C19H26N2S/c1-13(2)16-6-4-15(5-7-16)12-18-21-14(3)19(22-18)17-8-10-20-11-9-17/h4-7,13,17,20H,8-12H2,1-3H3. The second-order valence-electron chi connectivity index (χ2n) is 6.65. The van der Waals surface area contributed by atoms with Crippen molar-refractivity contribution >= 4 is 11.3 Å². The molecule has 3 heteroatoms. The third kappa shape index (κ3) is 3.58. The SMILES string of the molecule is Cc1nc(Cc2ccc(C(C)C)cc2)sc1C1CCNCC1. The van der Waals surface area contributed by atoms with Crippen molar-refractivity contribution in [3.05, 3.63) is 51.0 Å². The molecule has 0 spiro atoms. The summed E-state index contributed by atoms with van der Waals surface area (Å²) in [6.45, 7) is 8.95. The number of aromatic nitrogens is 1. The highest BCUT2D eigenvalue weighted by Crippen LogP contribution is 2.33. The van der Waals surface area contributed by atoms with Crippen LogP contribution in [-0.2, 0) is 6.42 Å². The molecule has 0 saturated carbocycles. The minimum atomic E-state index is 0.600. The van der Waals surface area contributed by atoms with Gasteiger partial charge in [0.05, 0.1) is 10.7 Å². The fraction of sp³-hybridized carbons (Fsp3) is 0.526. The minimum absolute atomic E-state index is 0.600. The third-order valence-electron chi connectivity index (χ3n) is 4.59. The van der Waals surface area contributed by atoms with E-state index < -0.39 is 0 Å². The van der Waals surface area contributed by atoms with Gasteiger partial charge in [-0.25, -0.2) is 4.98 Å². The lowest BCUT2D eigenvalue weighted by atomic mass is 9.96. The number of piperidine rings is 1. The molecule has 118 valence electrons. The first-order valence-electron chi connectivity index (χ1n) is 8.39. The van der Waals surface area contributed by atoms with Gasteiger partial charge in [-0.3, -0.25) is 0 Å². The van der Waals surface area contributed by atoms with Crippen molar-refractivity contribution in [2.75, 3.05) is 13.1 Å². The highest BCUT2D eigenvalue weighted by molar-refractivity contribution is 7.11. The van der Waals surface area contributed by atoms with Crippen molar-refractivity contribution in [2.45, 2.75) is 51.9 Å². The van der Waals surface area contributed by atoms with E-state index in [-0.39, 0.29) is 0 Å². The van der Waals surface area contributed by atoms with E-state index in [2.05, 4.69) is 50.4 Å². The fourth-order valence-corrected chi connectivity index (χ4v) is 4.47. The lowest BCUT2D eigenvalue weighted by molar-refractivity contribution is 0.463.